The molecule has 1 aliphatic rings. The van der Waals surface area contributed by atoms with E-state index in [0.717, 1.165) is 76.1 Å². The Balaban J connectivity index is 1.57. The summed E-state index contributed by atoms with van der Waals surface area (Å²) in [6.07, 6.45) is -1.39. The fraction of sp³-hybridized carbons (Fsp3) is 0.310. The van der Waals surface area contributed by atoms with E-state index in [2.05, 4.69) is 12.1 Å². The van der Waals surface area contributed by atoms with Crippen LogP contribution in [-0.4, -0.2) is 14.2 Å². The Labute approximate surface area is 201 Å². The molecule has 0 amide bonds. The van der Waals surface area contributed by atoms with E-state index in [0.29, 0.717) is 6.42 Å². The number of halogens is 4. The van der Waals surface area contributed by atoms with Gasteiger partial charge in [-0.3, -0.25) is 0 Å². The van der Waals surface area contributed by atoms with E-state index < -0.39 is 17.6 Å². The molecule has 5 rings (SSSR count). The van der Waals surface area contributed by atoms with Crippen LogP contribution in [0, 0.1) is 5.82 Å². The zero-order valence-corrected chi connectivity index (χ0v) is 19.6. The maximum atomic E-state index is 14.4. The molecular formula is C29H26F4O2. The number of aryl methyl sites for hydroxylation is 1. The van der Waals surface area contributed by atoms with Gasteiger partial charge in [-0.15, -0.1) is 0 Å². The van der Waals surface area contributed by atoms with Gasteiger partial charge in [-0.2, -0.15) is 13.2 Å². The molecule has 0 aromatic heterocycles. The predicted octanol–water partition coefficient (Wildman–Crippen LogP) is 8.22. The number of hydrogen-bond acceptors (Lipinski definition) is 2. The number of benzene rings is 4. The van der Waals surface area contributed by atoms with E-state index in [-0.39, 0.29) is 17.9 Å². The summed E-state index contributed by atoms with van der Waals surface area (Å²) in [7, 11) is 3.27. The zero-order valence-electron chi connectivity index (χ0n) is 19.6. The van der Waals surface area contributed by atoms with Crippen LogP contribution in [0.3, 0.4) is 0 Å². The Morgan fingerprint density at radius 1 is 0.886 bits per heavy atom. The average Bonchev–Trinajstić information content (AvgIpc) is 2.86. The molecule has 6 heteroatoms. The fourth-order valence-electron chi connectivity index (χ4n) is 5.66. The maximum absolute atomic E-state index is 14.4. The molecule has 0 fully saturated rings. The normalized spacial score (nSPS) is 15.9. The van der Waals surface area contributed by atoms with Gasteiger partial charge in [0.25, 0.3) is 0 Å². The van der Waals surface area contributed by atoms with Crippen LogP contribution in [0.4, 0.5) is 17.6 Å². The second-order valence-electron chi connectivity index (χ2n) is 9.08. The van der Waals surface area contributed by atoms with Crippen LogP contribution in [0.2, 0.25) is 0 Å². The van der Waals surface area contributed by atoms with Crippen molar-refractivity contribution in [2.45, 2.75) is 44.2 Å². The van der Waals surface area contributed by atoms with Gasteiger partial charge < -0.3 is 9.47 Å². The lowest BCUT2D eigenvalue weighted by Crippen LogP contribution is -2.14. The van der Waals surface area contributed by atoms with Crippen LogP contribution < -0.4 is 9.47 Å². The van der Waals surface area contributed by atoms with Gasteiger partial charge in [0.1, 0.15) is 17.3 Å². The molecule has 0 aliphatic heterocycles. The average molecular weight is 483 g/mol. The lowest BCUT2D eigenvalue weighted by atomic mass is 9.77. The second-order valence-corrected chi connectivity index (χ2v) is 9.08. The highest BCUT2D eigenvalue weighted by atomic mass is 19.4. The van der Waals surface area contributed by atoms with Crippen LogP contribution >= 0.6 is 0 Å². The summed E-state index contributed by atoms with van der Waals surface area (Å²) in [5, 5.41) is 4.13. The number of hydrogen-bond donors (Lipinski definition) is 0. The molecule has 1 atom stereocenters. The van der Waals surface area contributed by atoms with Crippen molar-refractivity contribution in [1.82, 2.24) is 0 Å². The molecule has 0 bridgehead atoms. The van der Waals surface area contributed by atoms with Gasteiger partial charge in [0.05, 0.1) is 25.2 Å². The Morgan fingerprint density at radius 2 is 1.66 bits per heavy atom. The van der Waals surface area contributed by atoms with Crippen LogP contribution in [-0.2, 0) is 19.0 Å². The molecule has 1 unspecified atom stereocenters. The smallest absolute Gasteiger partial charge is 0.416 e. The van der Waals surface area contributed by atoms with E-state index in [9.17, 15) is 17.6 Å². The first-order valence-electron chi connectivity index (χ1n) is 11.8. The quantitative estimate of drug-likeness (QED) is 0.211. The van der Waals surface area contributed by atoms with Gasteiger partial charge in [0, 0.05) is 5.56 Å². The molecule has 1 aliphatic carbocycles. The number of ether oxygens (including phenoxy) is 2. The minimum Gasteiger partial charge on any atom is -0.496 e. The zero-order chi connectivity index (χ0) is 24.7. The molecule has 182 valence electrons. The molecule has 0 spiro atoms. The number of rotatable bonds is 5. The van der Waals surface area contributed by atoms with Gasteiger partial charge in [0.2, 0.25) is 0 Å². The SMILES string of the molecule is COc1cccc2c1c(OC)cc1c3c(ccc12)C(CCc1c(F)cccc1C(F)(F)F)CCC3. The van der Waals surface area contributed by atoms with Crippen LogP contribution in [0.5, 0.6) is 11.5 Å². The van der Waals surface area contributed by atoms with Gasteiger partial charge in [-0.05, 0) is 89.6 Å². The van der Waals surface area contributed by atoms with E-state index >= 15 is 0 Å². The molecule has 4 aromatic carbocycles. The lowest BCUT2D eigenvalue weighted by molar-refractivity contribution is -0.138. The first-order chi connectivity index (χ1) is 16.8. The van der Waals surface area contributed by atoms with E-state index in [1.165, 1.54) is 5.56 Å². The number of methoxy groups -OCH3 is 2. The lowest BCUT2D eigenvalue weighted by Gasteiger charge is -2.28. The number of alkyl halides is 3. The van der Waals surface area contributed by atoms with Crippen molar-refractivity contribution in [2.75, 3.05) is 14.2 Å². The third kappa shape index (κ3) is 4.09. The minimum absolute atomic E-state index is 0.0436. The summed E-state index contributed by atoms with van der Waals surface area (Å²) in [4.78, 5) is 0. The Bertz CT molecular complexity index is 1410. The fourth-order valence-corrected chi connectivity index (χ4v) is 5.66. The minimum atomic E-state index is -4.57. The Hall–Kier alpha value is -3.28. The Morgan fingerprint density at radius 3 is 2.40 bits per heavy atom. The molecule has 0 N–H and O–H groups in total. The summed E-state index contributed by atoms with van der Waals surface area (Å²) < 4.78 is 66.1. The monoisotopic (exact) mass is 482 g/mol. The van der Waals surface area contributed by atoms with E-state index in [4.69, 9.17) is 9.47 Å². The highest BCUT2D eigenvalue weighted by molar-refractivity contribution is 6.13. The van der Waals surface area contributed by atoms with Gasteiger partial charge in [-0.25, -0.2) is 4.39 Å². The van der Waals surface area contributed by atoms with Crippen molar-refractivity contribution < 1.29 is 27.0 Å². The van der Waals surface area contributed by atoms with Gasteiger partial charge >= 0.3 is 6.18 Å². The molecular weight excluding hydrogens is 456 g/mol. The first kappa shape index (κ1) is 23.5. The van der Waals surface area contributed by atoms with Crippen molar-refractivity contribution >= 4 is 21.5 Å². The van der Waals surface area contributed by atoms with Crippen LogP contribution in [0.15, 0.2) is 54.6 Å². The van der Waals surface area contributed by atoms with Crippen molar-refractivity contribution in [1.29, 1.82) is 0 Å². The first-order valence-corrected chi connectivity index (χ1v) is 11.8. The summed E-state index contributed by atoms with van der Waals surface area (Å²) in [6, 6.07) is 15.3. The summed E-state index contributed by atoms with van der Waals surface area (Å²) in [5.74, 6) is 0.735. The standard InChI is InChI=1S/C29H26F4O2/c1-34-26-11-4-8-21-20-15-14-18-17(6-3-7-19(18)23(20)16-27(35-2)28(21)26)12-13-22-24(29(31,32)33)9-5-10-25(22)30/h4-5,8-11,14-17H,3,6-7,12-13H2,1-2H3. The third-order valence-corrected chi connectivity index (χ3v) is 7.26. The van der Waals surface area contributed by atoms with E-state index in [1.54, 1.807) is 14.2 Å². The Kier molecular flexibility index (Phi) is 6.07. The second kappa shape index (κ2) is 9.06. The van der Waals surface area contributed by atoms with Gasteiger partial charge in [0.15, 0.2) is 0 Å². The highest BCUT2D eigenvalue weighted by Gasteiger charge is 2.34. The summed E-state index contributed by atoms with van der Waals surface area (Å²) in [5.41, 5.74) is 1.22. The summed E-state index contributed by atoms with van der Waals surface area (Å²) >= 11 is 0. The molecule has 0 radical (unpaired) electrons. The molecule has 0 saturated carbocycles. The summed E-state index contributed by atoms with van der Waals surface area (Å²) in [6.45, 7) is 0. The molecule has 0 heterocycles. The topological polar surface area (TPSA) is 18.5 Å². The largest absolute Gasteiger partial charge is 0.496 e. The van der Waals surface area contributed by atoms with Crippen LogP contribution in [0.1, 0.15) is 47.4 Å². The predicted molar refractivity (Wildman–Crippen MR) is 130 cm³/mol. The third-order valence-electron chi connectivity index (χ3n) is 7.26. The van der Waals surface area contributed by atoms with Crippen molar-refractivity contribution in [2.24, 2.45) is 0 Å². The molecule has 0 saturated heterocycles. The van der Waals surface area contributed by atoms with Gasteiger partial charge in [-0.1, -0.05) is 30.3 Å². The van der Waals surface area contributed by atoms with Crippen molar-refractivity contribution in [3.63, 3.8) is 0 Å². The van der Waals surface area contributed by atoms with Crippen molar-refractivity contribution in [3.05, 3.63) is 82.7 Å². The highest BCUT2D eigenvalue weighted by Crippen LogP contribution is 2.45. The number of fused-ring (bicyclic) bond motifs is 5. The van der Waals surface area contributed by atoms with Crippen LogP contribution in [0.25, 0.3) is 21.5 Å². The maximum Gasteiger partial charge on any atom is 0.416 e. The van der Waals surface area contributed by atoms with E-state index in [1.807, 2.05) is 24.3 Å². The molecule has 2 nitrogen and oxygen atoms in total. The molecule has 4 aromatic rings. The molecule has 35 heavy (non-hydrogen) atoms. The van der Waals surface area contributed by atoms with Crippen molar-refractivity contribution in [3.8, 4) is 11.5 Å².